The van der Waals surface area contributed by atoms with Gasteiger partial charge in [-0.15, -0.1) is 0 Å². The minimum Gasteiger partial charge on any atom is -0.351 e. The molecule has 2 N–H and O–H groups in total. The minimum absolute atomic E-state index is 0.464. The number of nitrogens with one attached hydrogen (secondary N) is 2. The standard InChI is InChI=1S/C18H14ClN5S/c19-12-3-1-11(2-4-12)16-10-25-17(23-16)14(9-20)15-7-8-21-18(24-15)22-13-5-6-13/h1-4,7-8,10,13,23H,5-6H2,(H,21,22,24). The maximum absolute atomic E-state index is 9.64. The van der Waals surface area contributed by atoms with Crippen LogP contribution in [-0.2, 0) is 0 Å². The molecule has 0 spiro atoms. The average molecular weight is 368 g/mol. The van der Waals surface area contributed by atoms with Gasteiger partial charge in [-0.1, -0.05) is 35.5 Å². The Morgan fingerprint density at radius 1 is 1.28 bits per heavy atom. The summed E-state index contributed by atoms with van der Waals surface area (Å²) in [6, 6.07) is 12.1. The largest absolute Gasteiger partial charge is 0.351 e. The van der Waals surface area contributed by atoms with E-state index in [1.807, 2.05) is 29.7 Å². The molecule has 2 aromatic rings. The molecule has 1 aromatic heterocycles. The number of rotatable bonds is 4. The fourth-order valence-corrected chi connectivity index (χ4v) is 3.39. The molecule has 7 heteroatoms. The maximum Gasteiger partial charge on any atom is 0.223 e. The molecule has 0 radical (unpaired) electrons. The predicted octanol–water partition coefficient (Wildman–Crippen LogP) is 4.23. The number of benzene rings is 1. The third-order valence-electron chi connectivity index (χ3n) is 3.86. The Bertz CT molecular complexity index is 910. The molecule has 0 unspecified atom stereocenters. The van der Waals surface area contributed by atoms with E-state index in [0.29, 0.717) is 28.3 Å². The van der Waals surface area contributed by atoms with Crippen LogP contribution in [-0.4, -0.2) is 16.0 Å². The number of thioether (sulfide) groups is 1. The summed E-state index contributed by atoms with van der Waals surface area (Å²) in [5.74, 6) is 0.572. The van der Waals surface area contributed by atoms with E-state index in [1.165, 1.54) is 11.8 Å². The Kier molecular flexibility index (Phi) is 4.35. The van der Waals surface area contributed by atoms with Crippen molar-refractivity contribution in [1.82, 2.24) is 15.3 Å². The second kappa shape index (κ2) is 6.79. The summed E-state index contributed by atoms with van der Waals surface area (Å²) in [6.07, 6.45) is 3.97. The Labute approximate surface area is 154 Å². The van der Waals surface area contributed by atoms with Gasteiger partial charge in [0.25, 0.3) is 0 Å². The summed E-state index contributed by atoms with van der Waals surface area (Å²) in [4.78, 5) is 8.71. The Hall–Kier alpha value is -2.49. The lowest BCUT2D eigenvalue weighted by Crippen LogP contribution is -2.09. The summed E-state index contributed by atoms with van der Waals surface area (Å²) >= 11 is 7.42. The van der Waals surface area contributed by atoms with Crippen LogP contribution in [0.5, 0.6) is 0 Å². The van der Waals surface area contributed by atoms with Crippen LogP contribution in [0.25, 0.3) is 11.3 Å². The Morgan fingerprint density at radius 3 is 2.80 bits per heavy atom. The van der Waals surface area contributed by atoms with Crippen molar-refractivity contribution >= 4 is 40.6 Å². The average Bonchev–Trinajstić information content (AvgIpc) is 3.31. The van der Waals surface area contributed by atoms with Gasteiger partial charge in [0, 0.05) is 22.7 Å². The van der Waals surface area contributed by atoms with Crippen LogP contribution in [0.15, 0.2) is 47.0 Å². The number of nitriles is 1. The van der Waals surface area contributed by atoms with E-state index in [9.17, 15) is 5.26 Å². The molecule has 25 heavy (non-hydrogen) atoms. The van der Waals surface area contributed by atoms with E-state index in [0.717, 1.165) is 29.1 Å². The minimum atomic E-state index is 0.464. The first-order valence-electron chi connectivity index (χ1n) is 7.87. The van der Waals surface area contributed by atoms with Gasteiger partial charge in [-0.25, -0.2) is 9.97 Å². The van der Waals surface area contributed by atoms with Gasteiger partial charge in [0.1, 0.15) is 11.6 Å². The number of anilines is 1. The first kappa shape index (κ1) is 16.0. The predicted molar refractivity (Wildman–Crippen MR) is 101 cm³/mol. The van der Waals surface area contributed by atoms with Gasteiger partial charge in [-0.2, -0.15) is 5.26 Å². The molecule has 4 rings (SSSR count). The van der Waals surface area contributed by atoms with Crippen molar-refractivity contribution in [3.8, 4) is 6.07 Å². The van der Waals surface area contributed by atoms with Gasteiger partial charge in [0.2, 0.25) is 5.95 Å². The van der Waals surface area contributed by atoms with Gasteiger partial charge in [-0.05, 0) is 36.6 Å². The van der Waals surface area contributed by atoms with Crippen LogP contribution in [0.1, 0.15) is 24.1 Å². The quantitative estimate of drug-likeness (QED) is 0.788. The molecule has 0 amide bonds. The summed E-state index contributed by atoms with van der Waals surface area (Å²) in [6.45, 7) is 0. The monoisotopic (exact) mass is 367 g/mol. The summed E-state index contributed by atoms with van der Waals surface area (Å²) in [5.41, 5.74) is 3.07. The SMILES string of the molecule is N#CC(=C1NC(c2ccc(Cl)cc2)=CS1)c1ccnc(NC2CC2)n1. The molecule has 0 saturated heterocycles. The third kappa shape index (κ3) is 3.63. The maximum atomic E-state index is 9.64. The second-order valence-electron chi connectivity index (χ2n) is 5.78. The van der Waals surface area contributed by atoms with Crippen LogP contribution >= 0.6 is 23.4 Å². The topological polar surface area (TPSA) is 73.6 Å². The van der Waals surface area contributed by atoms with E-state index >= 15 is 0 Å². The third-order valence-corrected chi connectivity index (χ3v) is 5.01. The lowest BCUT2D eigenvalue weighted by molar-refractivity contribution is 1.04. The Morgan fingerprint density at radius 2 is 2.08 bits per heavy atom. The number of hydrogen-bond acceptors (Lipinski definition) is 6. The molecule has 0 atom stereocenters. The smallest absolute Gasteiger partial charge is 0.223 e. The van der Waals surface area contributed by atoms with Crippen molar-refractivity contribution < 1.29 is 0 Å². The highest BCUT2D eigenvalue weighted by Gasteiger charge is 2.23. The van der Waals surface area contributed by atoms with Gasteiger partial charge in [-0.3, -0.25) is 0 Å². The van der Waals surface area contributed by atoms with Crippen molar-refractivity contribution in [2.45, 2.75) is 18.9 Å². The van der Waals surface area contributed by atoms with Crippen molar-refractivity contribution in [1.29, 1.82) is 5.26 Å². The molecule has 124 valence electrons. The molecule has 1 aromatic carbocycles. The molecule has 2 aliphatic rings. The molecule has 2 heterocycles. The van der Waals surface area contributed by atoms with E-state index in [1.54, 1.807) is 12.3 Å². The van der Waals surface area contributed by atoms with Crippen LogP contribution in [0.2, 0.25) is 5.02 Å². The van der Waals surface area contributed by atoms with Crippen molar-refractivity contribution in [3.05, 3.63) is 63.2 Å². The lowest BCUT2D eigenvalue weighted by Gasteiger charge is -2.08. The van der Waals surface area contributed by atoms with E-state index in [-0.39, 0.29) is 0 Å². The molecule has 1 saturated carbocycles. The number of nitrogens with zero attached hydrogens (tertiary/aromatic N) is 3. The highest BCUT2D eigenvalue weighted by Crippen LogP contribution is 2.35. The van der Waals surface area contributed by atoms with Gasteiger partial charge in [0.15, 0.2) is 0 Å². The zero-order valence-electron chi connectivity index (χ0n) is 13.2. The van der Waals surface area contributed by atoms with Gasteiger partial charge < -0.3 is 10.6 Å². The zero-order chi connectivity index (χ0) is 17.2. The van der Waals surface area contributed by atoms with Crippen molar-refractivity contribution in [2.75, 3.05) is 5.32 Å². The Balaban J connectivity index is 1.58. The van der Waals surface area contributed by atoms with E-state index in [2.05, 4.69) is 26.7 Å². The van der Waals surface area contributed by atoms with Crippen LogP contribution in [0, 0.1) is 11.3 Å². The van der Waals surface area contributed by atoms with E-state index < -0.39 is 0 Å². The highest BCUT2D eigenvalue weighted by molar-refractivity contribution is 8.06. The van der Waals surface area contributed by atoms with E-state index in [4.69, 9.17) is 11.6 Å². The van der Waals surface area contributed by atoms with Crippen LogP contribution < -0.4 is 10.6 Å². The number of allylic oxidation sites excluding steroid dienone is 1. The number of aromatic nitrogens is 2. The van der Waals surface area contributed by atoms with Crippen LogP contribution in [0.3, 0.4) is 0 Å². The second-order valence-corrected chi connectivity index (χ2v) is 7.10. The number of halogens is 1. The highest BCUT2D eigenvalue weighted by atomic mass is 35.5. The molecular weight excluding hydrogens is 354 g/mol. The van der Waals surface area contributed by atoms with Crippen LogP contribution in [0.4, 0.5) is 5.95 Å². The molecule has 0 bridgehead atoms. The van der Waals surface area contributed by atoms with Gasteiger partial charge in [0.05, 0.1) is 16.4 Å². The molecule has 1 aliphatic heterocycles. The number of hydrogen-bond donors (Lipinski definition) is 2. The fraction of sp³-hybridized carbons (Fsp3) is 0.167. The van der Waals surface area contributed by atoms with Gasteiger partial charge >= 0.3 is 0 Å². The summed E-state index contributed by atoms with van der Waals surface area (Å²) in [5, 5.41) is 19.6. The fourth-order valence-electron chi connectivity index (χ4n) is 2.39. The van der Waals surface area contributed by atoms with Crippen molar-refractivity contribution in [3.63, 3.8) is 0 Å². The lowest BCUT2D eigenvalue weighted by atomic mass is 10.1. The zero-order valence-corrected chi connectivity index (χ0v) is 14.7. The van der Waals surface area contributed by atoms with Crippen molar-refractivity contribution in [2.24, 2.45) is 0 Å². The summed E-state index contributed by atoms with van der Waals surface area (Å²) in [7, 11) is 0. The first-order valence-corrected chi connectivity index (χ1v) is 9.13. The molecule has 1 fully saturated rings. The molecule has 1 aliphatic carbocycles. The summed E-state index contributed by atoms with van der Waals surface area (Å²) < 4.78 is 0. The molecule has 5 nitrogen and oxygen atoms in total. The molecular formula is C18H14ClN5S. The first-order chi connectivity index (χ1) is 12.2. The normalized spacial score (nSPS) is 18.2.